The minimum Gasteiger partial charge on any atom is -0.310 e. The van der Waals surface area contributed by atoms with Crippen molar-refractivity contribution in [3.63, 3.8) is 0 Å². The molecule has 0 radical (unpaired) electrons. The number of hydrogen-bond donors (Lipinski definition) is 0. The van der Waals surface area contributed by atoms with E-state index >= 15 is 0 Å². The maximum atomic E-state index is 2.39. The summed E-state index contributed by atoms with van der Waals surface area (Å²) in [5.41, 5.74) is 23.1. The van der Waals surface area contributed by atoms with Gasteiger partial charge in [-0.2, -0.15) is 0 Å². The van der Waals surface area contributed by atoms with Gasteiger partial charge in [0.25, 0.3) is 0 Å². The Balaban J connectivity index is 0.831. The van der Waals surface area contributed by atoms with Gasteiger partial charge in [0.15, 0.2) is 0 Å². The highest BCUT2D eigenvalue weighted by molar-refractivity contribution is 6.13. The molecule has 0 spiro atoms. The standard InChI is InChI=1S/C74H54N4/c1-51-23-27-55(28-24-51)57-35-43-71-67(47-57)69-49-65(41-45-73(69)77(71)61-19-11-5-12-20-61)75(59-15-7-3-8-16-59)63-37-31-53(32-38-63)54-33-39-64(40-34-54)76(60-17-9-4-10-18-60)66-42-46-74-70(50-66)68-48-58(56-29-25-52(2)26-30-56)36-44-72(68)78(74)62-21-13-6-14-22-62/h3-50H,1-2H3. The highest BCUT2D eigenvalue weighted by atomic mass is 15.1. The molecule has 2 heterocycles. The van der Waals surface area contributed by atoms with Gasteiger partial charge in [-0.05, 0) is 181 Å². The number of rotatable bonds is 11. The van der Waals surface area contributed by atoms with Crippen LogP contribution in [0.15, 0.2) is 291 Å². The van der Waals surface area contributed by atoms with E-state index in [1.165, 1.54) is 77.0 Å². The first-order valence-electron chi connectivity index (χ1n) is 26.8. The van der Waals surface area contributed by atoms with Crippen LogP contribution in [-0.4, -0.2) is 9.13 Å². The second-order valence-electron chi connectivity index (χ2n) is 20.4. The quantitative estimate of drug-likeness (QED) is 0.128. The normalized spacial score (nSPS) is 11.5. The number of para-hydroxylation sites is 4. The number of hydrogen-bond acceptors (Lipinski definition) is 2. The molecule has 12 aromatic carbocycles. The third-order valence-corrected chi connectivity index (χ3v) is 15.4. The molecular weight excluding hydrogens is 945 g/mol. The van der Waals surface area contributed by atoms with E-state index in [0.717, 1.165) is 56.6 Å². The molecule has 14 rings (SSSR count). The molecule has 0 amide bonds. The van der Waals surface area contributed by atoms with Gasteiger partial charge < -0.3 is 18.9 Å². The van der Waals surface area contributed by atoms with Crippen molar-refractivity contribution in [2.75, 3.05) is 9.80 Å². The Morgan fingerprint density at radius 3 is 0.833 bits per heavy atom. The molecule has 0 bridgehead atoms. The summed E-state index contributed by atoms with van der Waals surface area (Å²) in [6, 6.07) is 106. The monoisotopic (exact) mass is 998 g/mol. The van der Waals surface area contributed by atoms with Crippen molar-refractivity contribution in [3.8, 4) is 44.8 Å². The lowest BCUT2D eigenvalue weighted by molar-refractivity contribution is 1.18. The lowest BCUT2D eigenvalue weighted by Gasteiger charge is -2.26. The predicted molar refractivity (Wildman–Crippen MR) is 330 cm³/mol. The van der Waals surface area contributed by atoms with Crippen molar-refractivity contribution in [1.29, 1.82) is 0 Å². The van der Waals surface area contributed by atoms with Crippen molar-refractivity contribution in [2.24, 2.45) is 0 Å². The highest BCUT2D eigenvalue weighted by Crippen LogP contribution is 2.44. The van der Waals surface area contributed by atoms with E-state index in [2.05, 4.69) is 324 Å². The first-order chi connectivity index (χ1) is 38.5. The highest BCUT2D eigenvalue weighted by Gasteiger charge is 2.21. The lowest BCUT2D eigenvalue weighted by Crippen LogP contribution is -2.10. The average Bonchev–Trinajstić information content (AvgIpc) is 4.11. The summed E-state index contributed by atoms with van der Waals surface area (Å²) in [5, 5.41) is 4.84. The third kappa shape index (κ3) is 8.37. The van der Waals surface area contributed by atoms with Crippen LogP contribution in [0.1, 0.15) is 11.1 Å². The molecule has 370 valence electrons. The van der Waals surface area contributed by atoms with E-state index in [9.17, 15) is 0 Å². The number of nitrogens with zero attached hydrogens (tertiary/aromatic N) is 4. The van der Waals surface area contributed by atoms with Gasteiger partial charge >= 0.3 is 0 Å². The Morgan fingerprint density at radius 1 is 0.218 bits per heavy atom. The summed E-state index contributed by atoms with van der Waals surface area (Å²) in [6.07, 6.45) is 0. The van der Waals surface area contributed by atoms with Gasteiger partial charge in [0.05, 0.1) is 22.1 Å². The van der Waals surface area contributed by atoms with Crippen LogP contribution >= 0.6 is 0 Å². The first kappa shape index (κ1) is 46.4. The minimum absolute atomic E-state index is 1.08. The molecule has 0 saturated heterocycles. The molecule has 0 aliphatic carbocycles. The summed E-state index contributed by atoms with van der Waals surface area (Å²) >= 11 is 0. The molecule has 0 unspecified atom stereocenters. The van der Waals surface area contributed by atoms with Gasteiger partial charge in [-0.1, -0.05) is 169 Å². The second kappa shape index (κ2) is 19.5. The van der Waals surface area contributed by atoms with Gasteiger partial charge in [-0.25, -0.2) is 0 Å². The zero-order valence-electron chi connectivity index (χ0n) is 43.5. The van der Waals surface area contributed by atoms with Crippen LogP contribution in [-0.2, 0) is 0 Å². The number of aromatic nitrogens is 2. The number of aryl methyl sites for hydroxylation is 2. The Labute approximate surface area is 455 Å². The number of fused-ring (bicyclic) bond motifs is 6. The summed E-state index contributed by atoms with van der Waals surface area (Å²) in [4.78, 5) is 4.74. The van der Waals surface area contributed by atoms with Crippen molar-refractivity contribution in [2.45, 2.75) is 13.8 Å². The van der Waals surface area contributed by atoms with E-state index in [4.69, 9.17) is 0 Å². The predicted octanol–water partition coefficient (Wildman–Crippen LogP) is 20.4. The largest absolute Gasteiger partial charge is 0.310 e. The molecule has 0 aliphatic rings. The van der Waals surface area contributed by atoms with Crippen LogP contribution < -0.4 is 9.80 Å². The first-order valence-corrected chi connectivity index (χ1v) is 26.8. The van der Waals surface area contributed by atoms with Crippen molar-refractivity contribution in [1.82, 2.24) is 9.13 Å². The Morgan fingerprint density at radius 2 is 0.474 bits per heavy atom. The molecule has 0 fully saturated rings. The fourth-order valence-corrected chi connectivity index (χ4v) is 11.5. The van der Waals surface area contributed by atoms with Crippen molar-refractivity contribution < 1.29 is 0 Å². The van der Waals surface area contributed by atoms with Crippen LogP contribution in [0.2, 0.25) is 0 Å². The van der Waals surface area contributed by atoms with Gasteiger partial charge in [-0.3, -0.25) is 0 Å². The topological polar surface area (TPSA) is 16.3 Å². The molecule has 14 aromatic rings. The molecule has 0 atom stereocenters. The number of benzene rings is 12. The summed E-state index contributed by atoms with van der Waals surface area (Å²) in [7, 11) is 0. The molecule has 0 saturated carbocycles. The third-order valence-electron chi connectivity index (χ3n) is 15.4. The molecular formula is C74H54N4. The maximum absolute atomic E-state index is 2.39. The second-order valence-corrected chi connectivity index (χ2v) is 20.4. The van der Waals surface area contributed by atoms with Crippen molar-refractivity contribution in [3.05, 3.63) is 302 Å². The van der Waals surface area contributed by atoms with E-state index in [0.29, 0.717) is 0 Å². The Kier molecular flexibility index (Phi) is 11.6. The zero-order valence-corrected chi connectivity index (χ0v) is 43.5. The van der Waals surface area contributed by atoms with Crippen LogP contribution in [0.5, 0.6) is 0 Å². The summed E-state index contributed by atoms with van der Waals surface area (Å²) in [5.74, 6) is 0. The van der Waals surface area contributed by atoms with E-state index in [1.54, 1.807) is 0 Å². The fourth-order valence-electron chi connectivity index (χ4n) is 11.5. The van der Waals surface area contributed by atoms with Gasteiger partial charge in [0.2, 0.25) is 0 Å². The fraction of sp³-hybridized carbons (Fsp3) is 0.0270. The Hall–Kier alpha value is -10.2. The van der Waals surface area contributed by atoms with Gasteiger partial charge in [0, 0.05) is 67.0 Å². The average molecular weight is 999 g/mol. The number of anilines is 6. The van der Waals surface area contributed by atoms with Crippen LogP contribution in [0, 0.1) is 13.8 Å². The summed E-state index contributed by atoms with van der Waals surface area (Å²) < 4.78 is 4.79. The van der Waals surface area contributed by atoms with Gasteiger partial charge in [-0.15, -0.1) is 0 Å². The smallest absolute Gasteiger partial charge is 0.0542 e. The van der Waals surface area contributed by atoms with E-state index in [1.807, 2.05) is 0 Å². The van der Waals surface area contributed by atoms with Crippen molar-refractivity contribution >= 4 is 77.7 Å². The molecule has 0 N–H and O–H groups in total. The molecule has 78 heavy (non-hydrogen) atoms. The molecule has 2 aromatic heterocycles. The summed E-state index contributed by atoms with van der Waals surface area (Å²) in [6.45, 7) is 4.28. The molecule has 4 nitrogen and oxygen atoms in total. The zero-order chi connectivity index (χ0) is 52.1. The molecule has 4 heteroatoms. The SMILES string of the molecule is Cc1ccc(-c2ccc3c(c2)c2cc(N(c4ccccc4)c4ccc(-c5ccc(N(c6ccccc6)c6ccc7c(c6)c6cc(-c8ccc(C)cc8)ccc6n7-c6ccccc6)cc5)cc4)ccc2n3-c2ccccc2)cc1. The Bertz CT molecular complexity index is 4160. The van der Waals surface area contributed by atoms with Crippen LogP contribution in [0.3, 0.4) is 0 Å². The van der Waals surface area contributed by atoms with E-state index in [-0.39, 0.29) is 0 Å². The van der Waals surface area contributed by atoms with Crippen LogP contribution in [0.4, 0.5) is 34.1 Å². The van der Waals surface area contributed by atoms with E-state index < -0.39 is 0 Å². The maximum Gasteiger partial charge on any atom is 0.0542 e. The van der Waals surface area contributed by atoms with Crippen LogP contribution in [0.25, 0.3) is 88.4 Å². The van der Waals surface area contributed by atoms with Gasteiger partial charge in [0.1, 0.15) is 0 Å². The lowest BCUT2D eigenvalue weighted by atomic mass is 10.0. The minimum atomic E-state index is 1.08. The molecule has 0 aliphatic heterocycles.